The van der Waals surface area contributed by atoms with Crippen LogP contribution in [-0.4, -0.2) is 166 Å². The zero-order valence-corrected chi connectivity index (χ0v) is 21.9. The van der Waals surface area contributed by atoms with Crippen LogP contribution < -0.4 is 0 Å². The number of aliphatic hydroxyl groups excluding tert-OH is 10. The summed E-state index contributed by atoms with van der Waals surface area (Å²) in [5, 5.41) is 100. The summed E-state index contributed by atoms with van der Waals surface area (Å²) in [7, 11) is 0. The van der Waals surface area contributed by atoms with Gasteiger partial charge in [0.2, 0.25) is 0 Å². The van der Waals surface area contributed by atoms with Crippen molar-refractivity contribution in [2.45, 2.75) is 109 Å². The molecule has 15 atom stereocenters. The molecule has 0 saturated carbocycles. The number of aliphatic hydroxyl groups is 10. The zero-order chi connectivity index (χ0) is 27.6. The third kappa shape index (κ3) is 6.90. The van der Waals surface area contributed by atoms with Crippen LogP contribution >= 0.6 is 23.5 Å². The summed E-state index contributed by atoms with van der Waals surface area (Å²) in [6.45, 7) is 1.55. The lowest BCUT2D eigenvalue weighted by Gasteiger charge is -2.49. The first-order chi connectivity index (χ1) is 17.4. The molecule has 14 nitrogen and oxygen atoms in total. The van der Waals surface area contributed by atoms with Gasteiger partial charge >= 0.3 is 0 Å². The predicted molar refractivity (Wildman–Crippen MR) is 128 cm³/mol. The fourth-order valence-corrected chi connectivity index (χ4v) is 7.73. The van der Waals surface area contributed by atoms with E-state index in [1.165, 1.54) is 0 Å². The fourth-order valence-electron chi connectivity index (χ4n) is 4.41. The zero-order valence-electron chi connectivity index (χ0n) is 20.3. The number of rotatable bonds is 9. The van der Waals surface area contributed by atoms with Crippen molar-refractivity contribution < 1.29 is 70.0 Å². The van der Waals surface area contributed by atoms with Crippen LogP contribution in [0.25, 0.3) is 0 Å². The molecule has 0 bridgehead atoms. The van der Waals surface area contributed by atoms with E-state index < -0.39 is 109 Å². The van der Waals surface area contributed by atoms with Gasteiger partial charge in [-0.05, 0) is 13.8 Å². The maximum atomic E-state index is 11.2. The van der Waals surface area contributed by atoms with Crippen molar-refractivity contribution in [2.75, 3.05) is 19.8 Å². The fraction of sp³-hybridized carbons (Fsp3) is 1.00. The van der Waals surface area contributed by atoms with Gasteiger partial charge in [-0.2, -0.15) is 0 Å². The third-order valence-electron chi connectivity index (χ3n) is 6.48. The van der Waals surface area contributed by atoms with Crippen molar-refractivity contribution in [3.63, 3.8) is 0 Å². The average Bonchev–Trinajstić information content (AvgIpc) is 2.87. The van der Waals surface area contributed by atoms with Crippen molar-refractivity contribution in [3.05, 3.63) is 0 Å². The van der Waals surface area contributed by atoms with E-state index in [9.17, 15) is 51.1 Å². The molecule has 0 aromatic rings. The van der Waals surface area contributed by atoms with E-state index in [2.05, 4.69) is 0 Å². The van der Waals surface area contributed by atoms with Gasteiger partial charge in [0, 0.05) is 0 Å². The highest BCUT2D eigenvalue weighted by molar-refractivity contribution is 8.04. The van der Waals surface area contributed by atoms with E-state index >= 15 is 0 Å². The molecular weight excluding hydrogens is 540 g/mol. The van der Waals surface area contributed by atoms with Crippen LogP contribution in [-0.2, 0) is 18.9 Å². The second-order valence-electron chi connectivity index (χ2n) is 9.50. The van der Waals surface area contributed by atoms with E-state index in [0.29, 0.717) is 0 Å². The highest BCUT2D eigenvalue weighted by atomic mass is 32.2. The Morgan fingerprint density at radius 3 is 1.41 bits per heavy atom. The van der Waals surface area contributed by atoms with E-state index in [4.69, 9.17) is 18.9 Å². The molecule has 218 valence electrons. The maximum Gasteiger partial charge on any atom is 0.185 e. The monoisotopic (exact) mass is 578 g/mol. The molecule has 10 N–H and O–H groups in total. The van der Waals surface area contributed by atoms with Gasteiger partial charge in [-0.3, -0.25) is 0 Å². The Morgan fingerprint density at radius 2 is 1.00 bits per heavy atom. The van der Waals surface area contributed by atoms with Crippen LogP contribution in [0.1, 0.15) is 13.8 Å². The van der Waals surface area contributed by atoms with Crippen molar-refractivity contribution in [1.82, 2.24) is 0 Å². The summed E-state index contributed by atoms with van der Waals surface area (Å²) in [4.78, 5) is 0. The van der Waals surface area contributed by atoms with Gasteiger partial charge in [0.25, 0.3) is 0 Å². The van der Waals surface area contributed by atoms with Crippen LogP contribution in [0.3, 0.4) is 0 Å². The third-order valence-corrected chi connectivity index (χ3v) is 9.77. The predicted octanol–water partition coefficient (Wildman–Crippen LogP) is -4.71. The number of ether oxygens (including phenoxy) is 4. The van der Waals surface area contributed by atoms with Crippen LogP contribution in [0.5, 0.6) is 0 Å². The topological polar surface area (TPSA) is 239 Å². The number of hydrogen-bond donors (Lipinski definition) is 10. The molecule has 0 radical (unpaired) electrons. The Balaban J connectivity index is 1.90. The molecule has 0 aromatic carbocycles. The van der Waals surface area contributed by atoms with E-state index in [-0.39, 0.29) is 6.10 Å². The first kappa shape index (κ1) is 31.7. The van der Waals surface area contributed by atoms with Crippen LogP contribution in [0.15, 0.2) is 0 Å². The summed E-state index contributed by atoms with van der Waals surface area (Å²) >= 11 is 1.71. The van der Waals surface area contributed by atoms with Crippen LogP contribution in [0.4, 0.5) is 0 Å². The Hall–Kier alpha value is 0.140. The lowest BCUT2D eigenvalue weighted by Crippen LogP contribution is -2.62. The Bertz CT molecular complexity index is 704. The van der Waals surface area contributed by atoms with E-state index in [1.807, 2.05) is 0 Å². The van der Waals surface area contributed by atoms with Crippen LogP contribution in [0.2, 0.25) is 0 Å². The molecule has 0 aromatic heterocycles. The lowest BCUT2D eigenvalue weighted by atomic mass is 10.0. The van der Waals surface area contributed by atoms with Gasteiger partial charge in [-0.1, -0.05) is 0 Å². The Labute approximate surface area is 222 Å². The second kappa shape index (κ2) is 13.7. The summed E-state index contributed by atoms with van der Waals surface area (Å²) in [6, 6.07) is 0. The highest BCUT2D eigenvalue weighted by Crippen LogP contribution is 2.45. The normalized spacial score (nSPS) is 49.4. The Morgan fingerprint density at radius 1 is 0.568 bits per heavy atom. The van der Waals surface area contributed by atoms with Gasteiger partial charge in [0.1, 0.15) is 65.8 Å². The standard InChI is InChI=1S/C21H38O14S2/c1-6(2)32-19-16(31)18(37-21-15(30)13(28)11(26)8(4-23)35-21)17(9(5-24)33-19)36-20-14(29)12(27)10(25)7(3-22)34-20/h6-31H,3-5H2,1-2H3/t7-,8-,9-,10+,11+,12+,13+,14-,15-,16-,17-,18-,19+,20+,21+/m1/s1. The van der Waals surface area contributed by atoms with Crippen LogP contribution in [0, 0.1) is 0 Å². The molecule has 0 aliphatic carbocycles. The molecule has 37 heavy (non-hydrogen) atoms. The lowest BCUT2D eigenvalue weighted by molar-refractivity contribution is -0.253. The molecule has 0 spiro atoms. The largest absolute Gasteiger partial charge is 0.394 e. The van der Waals surface area contributed by atoms with Gasteiger partial charge in [-0.15, -0.1) is 23.5 Å². The summed E-state index contributed by atoms with van der Waals surface area (Å²) in [5.41, 5.74) is -2.48. The molecule has 0 unspecified atom stereocenters. The SMILES string of the molecule is CC(C)O[C@H]1O[C@H](CO)[C@@H](S[C@@H]2O[C@H](CO)[C@H](O)[C@H](O)[C@H]2O)[C@H](S[C@@H]2O[C@H](CO)[C@H](O)[C@H](O)[C@H]2O)[C@H]1O. The van der Waals surface area contributed by atoms with Crippen molar-refractivity contribution in [2.24, 2.45) is 0 Å². The quantitative estimate of drug-likeness (QED) is 0.124. The minimum Gasteiger partial charge on any atom is -0.394 e. The van der Waals surface area contributed by atoms with E-state index in [1.54, 1.807) is 13.8 Å². The van der Waals surface area contributed by atoms with Gasteiger partial charge in [0.15, 0.2) is 6.29 Å². The molecule has 16 heteroatoms. The summed E-state index contributed by atoms with van der Waals surface area (Å²) in [6.07, 6.45) is -16.1. The molecule has 3 aliphatic heterocycles. The van der Waals surface area contributed by atoms with Crippen molar-refractivity contribution >= 4 is 23.5 Å². The molecule has 3 fully saturated rings. The minimum absolute atomic E-state index is 0.383. The average molecular weight is 579 g/mol. The Kier molecular flexibility index (Phi) is 11.7. The molecule has 3 aliphatic rings. The smallest absolute Gasteiger partial charge is 0.185 e. The molecule has 0 amide bonds. The summed E-state index contributed by atoms with van der Waals surface area (Å²) in [5.74, 6) is 0. The van der Waals surface area contributed by atoms with Gasteiger partial charge < -0.3 is 70.0 Å². The second-order valence-corrected chi connectivity index (χ2v) is 12.1. The molecule has 3 rings (SSSR count). The first-order valence-electron chi connectivity index (χ1n) is 12.0. The van der Waals surface area contributed by atoms with Crippen molar-refractivity contribution in [1.29, 1.82) is 0 Å². The minimum atomic E-state index is -1.66. The molecule has 3 saturated heterocycles. The molecular formula is C21H38O14S2. The number of thioether (sulfide) groups is 2. The first-order valence-corrected chi connectivity index (χ1v) is 13.8. The highest BCUT2D eigenvalue weighted by Gasteiger charge is 2.53. The molecule has 3 heterocycles. The summed E-state index contributed by atoms with van der Waals surface area (Å²) < 4.78 is 22.6. The van der Waals surface area contributed by atoms with Gasteiger partial charge in [0.05, 0.1) is 42.5 Å². The maximum absolute atomic E-state index is 11.2. The van der Waals surface area contributed by atoms with Gasteiger partial charge in [-0.25, -0.2) is 0 Å². The van der Waals surface area contributed by atoms with Crippen molar-refractivity contribution in [3.8, 4) is 0 Å². The van der Waals surface area contributed by atoms with E-state index in [0.717, 1.165) is 23.5 Å². The number of hydrogen-bond acceptors (Lipinski definition) is 16.